The highest BCUT2D eigenvalue weighted by Gasteiger charge is 2.32. The maximum absolute atomic E-state index is 6.15. The number of nitrogens with two attached hydrogens (primary N) is 1. The van der Waals surface area contributed by atoms with Crippen LogP contribution in [0.2, 0.25) is 0 Å². The predicted octanol–water partition coefficient (Wildman–Crippen LogP) is 2.94. The quantitative estimate of drug-likeness (QED) is 0.875. The van der Waals surface area contributed by atoms with E-state index in [1.54, 1.807) is 6.20 Å². The number of aromatic nitrogens is 1. The Morgan fingerprint density at radius 1 is 1.47 bits per heavy atom. The highest BCUT2D eigenvalue weighted by molar-refractivity contribution is 8.07. The number of hydrogen-bond acceptors (Lipinski definition) is 5. The molecule has 0 aliphatic carbocycles. The lowest BCUT2D eigenvalue weighted by molar-refractivity contribution is 0.509. The first-order valence-electron chi connectivity index (χ1n) is 6.90. The average molecular weight is 297 g/mol. The largest absolute Gasteiger partial charge is 0.398 e. The van der Waals surface area contributed by atoms with Crippen LogP contribution < -0.4 is 11.1 Å². The summed E-state index contributed by atoms with van der Waals surface area (Å²) in [6.45, 7) is 5.55. The van der Waals surface area contributed by atoms with Gasteiger partial charge >= 0.3 is 0 Å². The fourth-order valence-corrected chi connectivity index (χ4v) is 5.33. The summed E-state index contributed by atoms with van der Waals surface area (Å²) in [5, 5.41) is 4.89. The van der Waals surface area contributed by atoms with E-state index in [9.17, 15) is 0 Å². The van der Waals surface area contributed by atoms with Gasteiger partial charge in [-0.2, -0.15) is 23.5 Å². The number of anilines is 1. The molecule has 3 unspecified atom stereocenters. The zero-order chi connectivity index (χ0) is 13.7. The predicted molar refractivity (Wildman–Crippen MR) is 87.9 cm³/mol. The summed E-state index contributed by atoms with van der Waals surface area (Å²) in [4.78, 5) is 4.26. The third-order valence-corrected chi connectivity index (χ3v) is 6.60. The summed E-state index contributed by atoms with van der Waals surface area (Å²) in [6.07, 6.45) is 4.83. The van der Waals surface area contributed by atoms with E-state index in [0.717, 1.165) is 24.2 Å². The lowest BCUT2D eigenvalue weighted by Gasteiger charge is -2.35. The van der Waals surface area contributed by atoms with Gasteiger partial charge in [0.15, 0.2) is 0 Å². The normalized spacial score (nSPS) is 25.2. The molecule has 0 saturated carbocycles. The van der Waals surface area contributed by atoms with E-state index in [4.69, 9.17) is 5.73 Å². The lowest BCUT2D eigenvalue weighted by atomic mass is 10.0. The Bertz CT molecular complexity index is 400. The van der Waals surface area contributed by atoms with Crippen molar-refractivity contribution in [1.82, 2.24) is 10.3 Å². The number of nitrogens with zero attached hydrogens (tertiary/aromatic N) is 1. The molecular weight excluding hydrogens is 274 g/mol. The molecule has 1 aromatic heterocycles. The highest BCUT2D eigenvalue weighted by atomic mass is 32.2. The van der Waals surface area contributed by atoms with Gasteiger partial charge in [-0.05, 0) is 19.0 Å². The van der Waals surface area contributed by atoms with E-state index in [1.165, 1.54) is 11.5 Å². The second kappa shape index (κ2) is 7.41. The van der Waals surface area contributed by atoms with E-state index in [1.807, 2.05) is 12.3 Å². The molecule has 3 N–H and O–H groups in total. The molecule has 1 aromatic rings. The molecule has 1 aliphatic rings. The van der Waals surface area contributed by atoms with Crippen LogP contribution >= 0.6 is 23.5 Å². The summed E-state index contributed by atoms with van der Waals surface area (Å²) < 4.78 is 0. The number of pyridine rings is 1. The van der Waals surface area contributed by atoms with Crippen LogP contribution in [0.5, 0.6) is 0 Å². The van der Waals surface area contributed by atoms with Crippen LogP contribution in [0.15, 0.2) is 18.5 Å². The Morgan fingerprint density at radius 2 is 2.26 bits per heavy atom. The molecule has 0 aromatic carbocycles. The van der Waals surface area contributed by atoms with Crippen LogP contribution in [0, 0.1) is 0 Å². The molecule has 0 radical (unpaired) electrons. The van der Waals surface area contributed by atoms with Gasteiger partial charge in [-0.3, -0.25) is 4.98 Å². The first-order chi connectivity index (χ1) is 9.24. The number of thioether (sulfide) groups is 2. The Labute approximate surface area is 124 Å². The van der Waals surface area contributed by atoms with Gasteiger partial charge in [-0.1, -0.05) is 13.8 Å². The number of hydrogen-bond donors (Lipinski definition) is 2. The van der Waals surface area contributed by atoms with Crippen molar-refractivity contribution in [2.45, 2.75) is 36.8 Å². The maximum atomic E-state index is 6.15. The van der Waals surface area contributed by atoms with Gasteiger partial charge in [0.2, 0.25) is 0 Å². The van der Waals surface area contributed by atoms with Crippen LogP contribution in [0.1, 0.15) is 31.9 Å². The molecule has 0 bridgehead atoms. The molecule has 19 heavy (non-hydrogen) atoms. The van der Waals surface area contributed by atoms with Gasteiger partial charge in [-0.25, -0.2) is 0 Å². The Kier molecular flexibility index (Phi) is 5.85. The molecule has 1 aliphatic heterocycles. The summed E-state index contributed by atoms with van der Waals surface area (Å²) in [5.41, 5.74) is 8.16. The molecule has 0 spiro atoms. The lowest BCUT2D eigenvalue weighted by Crippen LogP contribution is -2.38. The van der Waals surface area contributed by atoms with Crippen molar-refractivity contribution in [3.63, 3.8) is 0 Å². The third kappa shape index (κ3) is 3.80. The van der Waals surface area contributed by atoms with Crippen LogP contribution in [0.4, 0.5) is 5.69 Å². The van der Waals surface area contributed by atoms with Gasteiger partial charge in [0.1, 0.15) is 0 Å². The fraction of sp³-hybridized carbons (Fsp3) is 0.643. The molecule has 3 atom stereocenters. The highest BCUT2D eigenvalue weighted by Crippen LogP contribution is 2.39. The molecule has 1 saturated heterocycles. The van der Waals surface area contributed by atoms with E-state index < -0.39 is 0 Å². The van der Waals surface area contributed by atoms with Crippen molar-refractivity contribution < 1.29 is 0 Å². The first-order valence-corrected chi connectivity index (χ1v) is 8.99. The summed E-state index contributed by atoms with van der Waals surface area (Å²) in [5.74, 6) is 2.48. The number of nitrogens with one attached hydrogen (secondary N) is 1. The van der Waals surface area contributed by atoms with E-state index in [0.29, 0.717) is 16.5 Å². The Morgan fingerprint density at radius 3 is 2.95 bits per heavy atom. The van der Waals surface area contributed by atoms with Crippen molar-refractivity contribution in [3.05, 3.63) is 24.0 Å². The smallest absolute Gasteiger partial charge is 0.0487 e. The first kappa shape index (κ1) is 15.0. The maximum Gasteiger partial charge on any atom is 0.0487 e. The molecule has 3 nitrogen and oxygen atoms in total. The minimum absolute atomic E-state index is 0.307. The molecule has 2 heterocycles. The number of rotatable bonds is 5. The molecule has 106 valence electrons. The Balaban J connectivity index is 2.22. The monoisotopic (exact) mass is 297 g/mol. The zero-order valence-corrected chi connectivity index (χ0v) is 13.3. The summed E-state index contributed by atoms with van der Waals surface area (Å²) >= 11 is 4.13. The van der Waals surface area contributed by atoms with E-state index in [2.05, 4.69) is 47.7 Å². The van der Waals surface area contributed by atoms with Crippen molar-refractivity contribution >= 4 is 29.2 Å². The second-order valence-electron chi connectivity index (χ2n) is 4.85. The van der Waals surface area contributed by atoms with Gasteiger partial charge in [-0.15, -0.1) is 0 Å². The molecule has 0 amide bonds. The SMILES string of the molecule is CCCNC(c1cnccc1N)C1SCCSC1C. The minimum atomic E-state index is 0.307. The van der Waals surface area contributed by atoms with E-state index >= 15 is 0 Å². The molecule has 1 fully saturated rings. The van der Waals surface area contributed by atoms with Crippen molar-refractivity contribution in [2.75, 3.05) is 23.8 Å². The molecular formula is C14H23N3S2. The van der Waals surface area contributed by atoms with Gasteiger partial charge < -0.3 is 11.1 Å². The van der Waals surface area contributed by atoms with Gasteiger partial charge in [0.05, 0.1) is 0 Å². The zero-order valence-electron chi connectivity index (χ0n) is 11.6. The second-order valence-corrected chi connectivity index (χ2v) is 7.62. The average Bonchev–Trinajstić information content (AvgIpc) is 2.42. The van der Waals surface area contributed by atoms with E-state index in [-0.39, 0.29) is 0 Å². The van der Waals surface area contributed by atoms with Crippen molar-refractivity contribution in [1.29, 1.82) is 0 Å². The summed E-state index contributed by atoms with van der Waals surface area (Å²) in [7, 11) is 0. The van der Waals surface area contributed by atoms with Crippen molar-refractivity contribution in [3.8, 4) is 0 Å². The summed E-state index contributed by atoms with van der Waals surface area (Å²) in [6, 6.07) is 2.21. The number of nitrogen functional groups attached to an aromatic ring is 1. The van der Waals surface area contributed by atoms with Crippen LogP contribution in [-0.4, -0.2) is 33.5 Å². The van der Waals surface area contributed by atoms with Crippen LogP contribution in [0.25, 0.3) is 0 Å². The fourth-order valence-electron chi connectivity index (χ4n) is 2.40. The van der Waals surface area contributed by atoms with Crippen LogP contribution in [0.3, 0.4) is 0 Å². The van der Waals surface area contributed by atoms with Crippen LogP contribution in [-0.2, 0) is 0 Å². The van der Waals surface area contributed by atoms with Crippen molar-refractivity contribution in [2.24, 2.45) is 0 Å². The minimum Gasteiger partial charge on any atom is -0.398 e. The third-order valence-electron chi connectivity index (χ3n) is 3.40. The molecule has 2 rings (SSSR count). The topological polar surface area (TPSA) is 50.9 Å². The van der Waals surface area contributed by atoms with Gasteiger partial charge in [0.25, 0.3) is 0 Å². The Hall–Kier alpha value is -0.390. The standard InChI is InChI=1S/C14H23N3S2/c1-3-5-17-13(11-9-16-6-4-12(11)15)14-10(2)18-7-8-19-14/h4,6,9-10,13-14,17H,3,5,7-8H2,1-2H3,(H2,15,16). The van der Waals surface area contributed by atoms with Gasteiger partial charge in [0, 0.05) is 51.7 Å². The molecule has 5 heteroatoms.